The predicted octanol–water partition coefficient (Wildman–Crippen LogP) is 1.95. The standard InChI is InChI=1S/C15H22N2O4/c1-15(2,3)21-14(19)17-10-9-16-13(18)11-5-7-12(20-4)8-6-11/h5-8H,9-10H2,1-4H3,(H,16,18)(H,17,19). The van der Waals surface area contributed by atoms with Gasteiger partial charge in [-0.25, -0.2) is 4.79 Å². The van der Waals surface area contributed by atoms with Crippen LogP contribution in [0.3, 0.4) is 0 Å². The summed E-state index contributed by atoms with van der Waals surface area (Å²) in [5.74, 6) is 0.488. The summed E-state index contributed by atoms with van der Waals surface area (Å²) in [7, 11) is 1.57. The molecule has 0 aromatic heterocycles. The number of rotatable bonds is 5. The molecule has 21 heavy (non-hydrogen) atoms. The lowest BCUT2D eigenvalue weighted by molar-refractivity contribution is 0.0526. The van der Waals surface area contributed by atoms with E-state index in [9.17, 15) is 9.59 Å². The normalized spacial score (nSPS) is 10.7. The Morgan fingerprint density at radius 3 is 2.14 bits per heavy atom. The third-order valence-corrected chi connectivity index (χ3v) is 2.43. The van der Waals surface area contributed by atoms with Gasteiger partial charge in [0, 0.05) is 18.7 Å². The molecular formula is C15H22N2O4. The van der Waals surface area contributed by atoms with Crippen LogP contribution in [0.2, 0.25) is 0 Å². The minimum Gasteiger partial charge on any atom is -0.497 e. The second-order valence-electron chi connectivity index (χ2n) is 5.41. The van der Waals surface area contributed by atoms with Gasteiger partial charge in [0.2, 0.25) is 0 Å². The molecule has 0 unspecified atom stereocenters. The molecule has 0 saturated heterocycles. The zero-order chi connectivity index (χ0) is 15.9. The van der Waals surface area contributed by atoms with Gasteiger partial charge in [-0.15, -0.1) is 0 Å². The Bertz CT molecular complexity index is 477. The van der Waals surface area contributed by atoms with E-state index in [1.165, 1.54) is 0 Å². The van der Waals surface area contributed by atoms with Crippen molar-refractivity contribution in [2.75, 3.05) is 20.2 Å². The summed E-state index contributed by atoms with van der Waals surface area (Å²) in [6.45, 7) is 6.00. The van der Waals surface area contributed by atoms with Crippen LogP contribution in [-0.2, 0) is 4.74 Å². The Morgan fingerprint density at radius 1 is 1.05 bits per heavy atom. The zero-order valence-electron chi connectivity index (χ0n) is 12.9. The number of ether oxygens (including phenoxy) is 2. The topological polar surface area (TPSA) is 76.7 Å². The molecule has 0 atom stereocenters. The van der Waals surface area contributed by atoms with Crippen molar-refractivity contribution >= 4 is 12.0 Å². The maximum absolute atomic E-state index is 11.8. The lowest BCUT2D eigenvalue weighted by atomic mass is 10.2. The van der Waals surface area contributed by atoms with E-state index in [0.29, 0.717) is 24.4 Å². The van der Waals surface area contributed by atoms with E-state index in [1.807, 2.05) is 0 Å². The third kappa shape index (κ3) is 6.65. The number of amides is 2. The molecule has 116 valence electrons. The van der Waals surface area contributed by atoms with E-state index < -0.39 is 11.7 Å². The van der Waals surface area contributed by atoms with Gasteiger partial charge in [0.25, 0.3) is 5.91 Å². The summed E-state index contributed by atoms with van der Waals surface area (Å²) in [6, 6.07) is 6.78. The smallest absolute Gasteiger partial charge is 0.407 e. The highest BCUT2D eigenvalue weighted by atomic mass is 16.6. The van der Waals surface area contributed by atoms with Crippen molar-refractivity contribution in [3.63, 3.8) is 0 Å². The van der Waals surface area contributed by atoms with Crippen LogP contribution in [0.5, 0.6) is 5.75 Å². The van der Waals surface area contributed by atoms with Gasteiger partial charge in [-0.05, 0) is 45.0 Å². The molecule has 0 radical (unpaired) electrons. The molecular weight excluding hydrogens is 272 g/mol. The molecule has 6 heteroatoms. The second-order valence-corrected chi connectivity index (χ2v) is 5.41. The molecule has 2 amide bonds. The van der Waals surface area contributed by atoms with E-state index in [1.54, 1.807) is 52.1 Å². The summed E-state index contributed by atoms with van der Waals surface area (Å²) in [6.07, 6.45) is -0.499. The Morgan fingerprint density at radius 2 is 1.62 bits per heavy atom. The molecule has 0 saturated carbocycles. The lowest BCUT2D eigenvalue weighted by Gasteiger charge is -2.19. The SMILES string of the molecule is COc1ccc(C(=O)NCCNC(=O)OC(C)(C)C)cc1. The van der Waals surface area contributed by atoms with Gasteiger partial charge in [-0.2, -0.15) is 0 Å². The highest BCUT2D eigenvalue weighted by Crippen LogP contribution is 2.10. The number of methoxy groups -OCH3 is 1. The first-order valence-electron chi connectivity index (χ1n) is 6.71. The monoisotopic (exact) mass is 294 g/mol. The number of hydrogen-bond acceptors (Lipinski definition) is 4. The van der Waals surface area contributed by atoms with Gasteiger partial charge in [0.1, 0.15) is 11.4 Å². The van der Waals surface area contributed by atoms with E-state index in [0.717, 1.165) is 0 Å². The highest BCUT2D eigenvalue weighted by molar-refractivity contribution is 5.94. The highest BCUT2D eigenvalue weighted by Gasteiger charge is 2.15. The summed E-state index contributed by atoms with van der Waals surface area (Å²) < 4.78 is 10.1. The molecule has 2 N–H and O–H groups in total. The van der Waals surface area contributed by atoms with Crippen molar-refractivity contribution in [1.82, 2.24) is 10.6 Å². The van der Waals surface area contributed by atoms with Crippen LogP contribution in [0, 0.1) is 0 Å². The number of carbonyl (C=O) groups is 2. The maximum Gasteiger partial charge on any atom is 0.407 e. The predicted molar refractivity (Wildman–Crippen MR) is 79.6 cm³/mol. The van der Waals surface area contributed by atoms with Crippen LogP contribution < -0.4 is 15.4 Å². The summed E-state index contributed by atoms with van der Waals surface area (Å²) in [5, 5.41) is 5.27. The van der Waals surface area contributed by atoms with Crippen LogP contribution in [0.15, 0.2) is 24.3 Å². The second kappa shape index (κ2) is 7.52. The van der Waals surface area contributed by atoms with Crippen LogP contribution in [0.4, 0.5) is 4.79 Å². The molecule has 0 spiro atoms. The van der Waals surface area contributed by atoms with Gasteiger partial charge in [0.05, 0.1) is 7.11 Å². The maximum atomic E-state index is 11.8. The van der Waals surface area contributed by atoms with E-state index in [2.05, 4.69) is 10.6 Å². The lowest BCUT2D eigenvalue weighted by Crippen LogP contribution is -2.37. The van der Waals surface area contributed by atoms with Crippen molar-refractivity contribution in [2.45, 2.75) is 26.4 Å². The molecule has 0 aliphatic carbocycles. The van der Waals surface area contributed by atoms with Crippen molar-refractivity contribution < 1.29 is 19.1 Å². The molecule has 1 aromatic carbocycles. The average molecular weight is 294 g/mol. The van der Waals surface area contributed by atoms with E-state index in [-0.39, 0.29) is 5.91 Å². The van der Waals surface area contributed by atoms with Crippen molar-refractivity contribution in [3.05, 3.63) is 29.8 Å². The van der Waals surface area contributed by atoms with Crippen molar-refractivity contribution in [3.8, 4) is 5.75 Å². The Labute approximate surface area is 124 Å². The first kappa shape index (κ1) is 16.8. The van der Waals surface area contributed by atoms with Crippen LogP contribution in [0.25, 0.3) is 0 Å². The van der Waals surface area contributed by atoms with Crippen molar-refractivity contribution in [2.24, 2.45) is 0 Å². The number of benzene rings is 1. The van der Waals surface area contributed by atoms with Gasteiger partial charge in [0.15, 0.2) is 0 Å². The Balaban J connectivity index is 2.28. The van der Waals surface area contributed by atoms with Crippen LogP contribution in [0.1, 0.15) is 31.1 Å². The molecule has 1 rings (SSSR count). The van der Waals surface area contributed by atoms with Gasteiger partial charge >= 0.3 is 6.09 Å². The van der Waals surface area contributed by atoms with Gasteiger partial charge < -0.3 is 20.1 Å². The molecule has 0 heterocycles. The fourth-order valence-corrected chi connectivity index (χ4v) is 1.50. The summed E-state index contributed by atoms with van der Waals surface area (Å²) >= 11 is 0. The Kier molecular flexibility index (Phi) is 6.02. The first-order chi connectivity index (χ1) is 9.81. The van der Waals surface area contributed by atoms with Crippen LogP contribution in [-0.4, -0.2) is 37.8 Å². The fraction of sp³-hybridized carbons (Fsp3) is 0.467. The Hall–Kier alpha value is -2.24. The molecule has 6 nitrogen and oxygen atoms in total. The number of alkyl carbamates (subject to hydrolysis) is 1. The quantitative estimate of drug-likeness (QED) is 0.814. The summed E-state index contributed by atoms with van der Waals surface area (Å²) in [5.41, 5.74) is 0.00392. The summed E-state index contributed by atoms with van der Waals surface area (Å²) in [4.78, 5) is 23.2. The van der Waals surface area contributed by atoms with E-state index in [4.69, 9.17) is 9.47 Å². The number of carbonyl (C=O) groups excluding carboxylic acids is 2. The number of nitrogens with one attached hydrogen (secondary N) is 2. The molecule has 1 aromatic rings. The van der Waals surface area contributed by atoms with Crippen molar-refractivity contribution in [1.29, 1.82) is 0 Å². The van der Waals surface area contributed by atoms with Gasteiger partial charge in [-0.3, -0.25) is 4.79 Å². The molecule has 0 aliphatic rings. The number of hydrogen-bond donors (Lipinski definition) is 2. The largest absolute Gasteiger partial charge is 0.497 e. The third-order valence-electron chi connectivity index (χ3n) is 2.43. The average Bonchev–Trinajstić information content (AvgIpc) is 2.41. The zero-order valence-corrected chi connectivity index (χ0v) is 12.9. The first-order valence-corrected chi connectivity index (χ1v) is 6.71. The minimum atomic E-state index is -0.531. The van der Waals surface area contributed by atoms with Crippen LogP contribution >= 0.6 is 0 Å². The van der Waals surface area contributed by atoms with Gasteiger partial charge in [-0.1, -0.05) is 0 Å². The molecule has 0 bridgehead atoms. The fourth-order valence-electron chi connectivity index (χ4n) is 1.50. The minimum absolute atomic E-state index is 0.205. The van der Waals surface area contributed by atoms with E-state index >= 15 is 0 Å². The molecule has 0 fully saturated rings. The molecule has 0 aliphatic heterocycles.